The summed E-state index contributed by atoms with van der Waals surface area (Å²) in [5, 5.41) is 21.0. The summed E-state index contributed by atoms with van der Waals surface area (Å²) in [7, 11) is 0. The normalized spacial score (nSPS) is 30.0. The van der Waals surface area contributed by atoms with Crippen molar-refractivity contribution in [2.75, 3.05) is 6.61 Å². The Morgan fingerprint density at radius 2 is 2.03 bits per heavy atom. The third kappa shape index (κ3) is 6.83. The van der Waals surface area contributed by atoms with Crippen LogP contribution >= 0.6 is 11.6 Å². The highest BCUT2D eigenvalue weighted by molar-refractivity contribution is 6.21. The molecule has 0 radical (unpaired) electrons. The van der Waals surface area contributed by atoms with Gasteiger partial charge in [-0.25, -0.2) is 0 Å². The Kier molecular flexibility index (Phi) is 10.2. The number of aliphatic hydroxyl groups excluding tert-OH is 2. The molecule has 0 aromatic carbocycles. The van der Waals surface area contributed by atoms with E-state index in [1.165, 1.54) is 6.42 Å². The molecule has 2 rings (SSSR count). The van der Waals surface area contributed by atoms with E-state index < -0.39 is 6.10 Å². The van der Waals surface area contributed by atoms with Crippen LogP contribution in [0.4, 0.5) is 0 Å². The van der Waals surface area contributed by atoms with E-state index in [2.05, 4.69) is 31.2 Å². The van der Waals surface area contributed by atoms with Crippen LogP contribution in [0.1, 0.15) is 78.1 Å². The number of alkyl halides is 1. The van der Waals surface area contributed by atoms with Gasteiger partial charge in [-0.1, -0.05) is 37.6 Å². The minimum absolute atomic E-state index is 0.0350. The van der Waals surface area contributed by atoms with Crippen LogP contribution in [0, 0.1) is 17.3 Å². The van der Waals surface area contributed by atoms with Gasteiger partial charge in [-0.3, -0.25) is 4.79 Å². The quantitative estimate of drug-likeness (QED) is 0.196. The zero-order valence-corrected chi connectivity index (χ0v) is 18.8. The van der Waals surface area contributed by atoms with E-state index in [1.54, 1.807) is 0 Å². The van der Waals surface area contributed by atoms with Crippen molar-refractivity contribution in [1.82, 2.24) is 0 Å². The van der Waals surface area contributed by atoms with Gasteiger partial charge in [0.15, 0.2) is 0 Å². The van der Waals surface area contributed by atoms with E-state index in [4.69, 9.17) is 16.3 Å². The van der Waals surface area contributed by atoms with E-state index in [9.17, 15) is 15.0 Å². The smallest absolute Gasteiger partial charge is 0.305 e. The summed E-state index contributed by atoms with van der Waals surface area (Å²) in [5.41, 5.74) is 0.110. The summed E-state index contributed by atoms with van der Waals surface area (Å²) in [5.74, 6) is 0.0952. The number of unbranched alkanes of at least 4 members (excludes halogenated alkanes) is 1. The molecule has 0 bridgehead atoms. The van der Waals surface area contributed by atoms with E-state index in [-0.39, 0.29) is 34.7 Å². The lowest BCUT2D eigenvalue weighted by Gasteiger charge is -2.45. The van der Waals surface area contributed by atoms with Gasteiger partial charge in [-0.15, -0.1) is 11.6 Å². The SMILES string of the molecule is CCOC(=O)CCC/C=C\C[C@@H]1[C@@H](/C=C/C[C@H](O)C2(CC)CCC2)[C@H](O)C[C@H]1Cl. The second kappa shape index (κ2) is 12.1. The maximum atomic E-state index is 11.3. The molecule has 2 saturated carbocycles. The highest BCUT2D eigenvalue weighted by Crippen LogP contribution is 2.48. The monoisotopic (exact) mass is 426 g/mol. The van der Waals surface area contributed by atoms with Crippen LogP contribution in [0.25, 0.3) is 0 Å². The number of ether oxygens (including phenoxy) is 1. The number of carbonyl (C=O) groups is 1. The van der Waals surface area contributed by atoms with Crippen molar-refractivity contribution >= 4 is 17.6 Å². The van der Waals surface area contributed by atoms with E-state index >= 15 is 0 Å². The first-order valence-electron chi connectivity index (χ1n) is 11.4. The molecule has 2 N–H and O–H groups in total. The molecule has 5 atom stereocenters. The van der Waals surface area contributed by atoms with Gasteiger partial charge >= 0.3 is 5.97 Å². The summed E-state index contributed by atoms with van der Waals surface area (Å²) in [6.07, 6.45) is 16.3. The fourth-order valence-electron chi connectivity index (χ4n) is 4.80. The fourth-order valence-corrected chi connectivity index (χ4v) is 5.25. The summed E-state index contributed by atoms with van der Waals surface area (Å²) in [6, 6.07) is 0. The molecule has 0 aromatic heterocycles. The van der Waals surface area contributed by atoms with Gasteiger partial charge in [0.05, 0.1) is 18.8 Å². The number of hydrogen-bond donors (Lipinski definition) is 2. The van der Waals surface area contributed by atoms with Crippen LogP contribution in [0.5, 0.6) is 0 Å². The van der Waals surface area contributed by atoms with Crippen LogP contribution in [0.3, 0.4) is 0 Å². The number of allylic oxidation sites excluding steroid dienone is 2. The number of hydrogen-bond acceptors (Lipinski definition) is 4. The average Bonchev–Trinajstić information content (AvgIpc) is 2.91. The van der Waals surface area contributed by atoms with Gasteiger partial charge < -0.3 is 14.9 Å². The van der Waals surface area contributed by atoms with Crippen molar-refractivity contribution in [3.8, 4) is 0 Å². The molecule has 29 heavy (non-hydrogen) atoms. The van der Waals surface area contributed by atoms with Crippen molar-refractivity contribution < 1.29 is 19.7 Å². The van der Waals surface area contributed by atoms with Crippen molar-refractivity contribution in [3.63, 3.8) is 0 Å². The Labute approximate surface area is 181 Å². The summed E-state index contributed by atoms with van der Waals surface area (Å²) >= 11 is 6.51. The predicted molar refractivity (Wildman–Crippen MR) is 118 cm³/mol. The summed E-state index contributed by atoms with van der Waals surface area (Å²) in [4.78, 5) is 11.3. The van der Waals surface area contributed by atoms with Crippen LogP contribution in [0.2, 0.25) is 0 Å². The Balaban J connectivity index is 1.79. The van der Waals surface area contributed by atoms with E-state index in [1.807, 2.05) is 6.92 Å². The molecular formula is C24H39ClO4. The highest BCUT2D eigenvalue weighted by Gasteiger charge is 2.42. The third-order valence-corrected chi connectivity index (χ3v) is 7.48. The number of carbonyl (C=O) groups excluding carboxylic acids is 1. The standard InChI is InChI=1S/C24H39ClO4/c1-3-24(15-10-16-24)22(27)13-9-12-19-18(20(25)17-21(19)26)11-7-5-6-8-14-23(28)29-4-2/h5,7,9,12,18-22,26-27H,3-4,6,8,10-11,13-17H2,1-2H3/b7-5-,12-9+/t18-,19-,20-,21-,22+/m1/s1. The fraction of sp³-hybridized carbons (Fsp3) is 0.792. The molecule has 166 valence electrons. The molecule has 2 fully saturated rings. The van der Waals surface area contributed by atoms with Crippen LogP contribution in [-0.4, -0.2) is 40.4 Å². The minimum Gasteiger partial charge on any atom is -0.466 e. The molecule has 0 saturated heterocycles. The van der Waals surface area contributed by atoms with Crippen LogP contribution in [0.15, 0.2) is 24.3 Å². The van der Waals surface area contributed by atoms with Crippen LogP contribution < -0.4 is 0 Å². The molecule has 5 heteroatoms. The van der Waals surface area contributed by atoms with Gasteiger partial charge in [0.25, 0.3) is 0 Å². The Morgan fingerprint density at radius 3 is 2.66 bits per heavy atom. The molecular weight excluding hydrogens is 388 g/mol. The van der Waals surface area contributed by atoms with Crippen LogP contribution in [-0.2, 0) is 9.53 Å². The summed E-state index contributed by atoms with van der Waals surface area (Å²) in [6.45, 7) is 4.42. The van der Waals surface area contributed by atoms with E-state index in [0.29, 0.717) is 25.9 Å². The first-order valence-corrected chi connectivity index (χ1v) is 11.8. The second-order valence-corrected chi connectivity index (χ2v) is 9.27. The lowest BCUT2D eigenvalue weighted by Crippen LogP contribution is -2.40. The Bertz CT molecular complexity index is 550. The molecule has 2 aliphatic carbocycles. The zero-order valence-electron chi connectivity index (χ0n) is 18.1. The van der Waals surface area contributed by atoms with Gasteiger partial charge in [0.2, 0.25) is 0 Å². The number of rotatable bonds is 12. The first kappa shape index (κ1) is 24.4. The van der Waals surface area contributed by atoms with Crippen molar-refractivity contribution in [1.29, 1.82) is 0 Å². The molecule has 0 aliphatic heterocycles. The first-order chi connectivity index (χ1) is 13.9. The van der Waals surface area contributed by atoms with Crippen molar-refractivity contribution in [2.24, 2.45) is 17.3 Å². The van der Waals surface area contributed by atoms with Crippen molar-refractivity contribution in [2.45, 2.75) is 95.6 Å². The molecule has 0 aromatic rings. The number of aliphatic hydroxyl groups is 2. The number of halogens is 1. The maximum Gasteiger partial charge on any atom is 0.305 e. The lowest BCUT2D eigenvalue weighted by atomic mass is 9.63. The Morgan fingerprint density at radius 1 is 1.28 bits per heavy atom. The molecule has 0 amide bonds. The Hall–Kier alpha value is -0.840. The van der Waals surface area contributed by atoms with Gasteiger partial charge in [-0.05, 0) is 69.6 Å². The minimum atomic E-state index is -0.419. The molecule has 0 unspecified atom stereocenters. The van der Waals surface area contributed by atoms with E-state index in [0.717, 1.165) is 38.5 Å². The van der Waals surface area contributed by atoms with Gasteiger partial charge in [0.1, 0.15) is 0 Å². The molecule has 4 nitrogen and oxygen atoms in total. The molecule has 2 aliphatic rings. The lowest BCUT2D eigenvalue weighted by molar-refractivity contribution is -0.143. The van der Waals surface area contributed by atoms with Gasteiger partial charge in [-0.2, -0.15) is 0 Å². The topological polar surface area (TPSA) is 66.8 Å². The maximum absolute atomic E-state index is 11.3. The molecule has 0 spiro atoms. The zero-order chi connectivity index (χ0) is 21.3. The predicted octanol–water partition coefficient (Wildman–Crippen LogP) is 5.16. The average molecular weight is 427 g/mol. The van der Waals surface area contributed by atoms with Gasteiger partial charge in [0, 0.05) is 17.7 Å². The largest absolute Gasteiger partial charge is 0.466 e. The summed E-state index contributed by atoms with van der Waals surface area (Å²) < 4.78 is 4.93. The molecule has 0 heterocycles. The highest BCUT2D eigenvalue weighted by atomic mass is 35.5. The third-order valence-electron chi connectivity index (χ3n) is 6.98. The number of esters is 1. The second-order valence-electron chi connectivity index (χ2n) is 8.71. The van der Waals surface area contributed by atoms with Crippen molar-refractivity contribution in [3.05, 3.63) is 24.3 Å².